The number of carbonyl (C=O) groups is 1. The van der Waals surface area contributed by atoms with E-state index in [0.29, 0.717) is 18.6 Å². The molecule has 0 fully saturated rings. The van der Waals surface area contributed by atoms with Crippen LogP contribution in [0.3, 0.4) is 0 Å². The van der Waals surface area contributed by atoms with Crippen molar-refractivity contribution in [1.82, 2.24) is 0 Å². The molecular formula is C18H18O3. The highest BCUT2D eigenvalue weighted by Crippen LogP contribution is 2.15. The van der Waals surface area contributed by atoms with E-state index in [2.05, 4.69) is 0 Å². The lowest BCUT2D eigenvalue weighted by molar-refractivity contribution is 0.104. The molecule has 2 rings (SSSR count). The minimum absolute atomic E-state index is 0.0257. The Balaban J connectivity index is 2.00. The fourth-order valence-electron chi connectivity index (χ4n) is 1.83. The van der Waals surface area contributed by atoms with Crippen LogP contribution in [0.4, 0.5) is 0 Å². The Labute approximate surface area is 124 Å². The predicted molar refractivity (Wildman–Crippen MR) is 83.4 cm³/mol. The van der Waals surface area contributed by atoms with Gasteiger partial charge in [0.25, 0.3) is 0 Å². The second-order valence-corrected chi connectivity index (χ2v) is 4.56. The maximum Gasteiger partial charge on any atom is 0.185 e. The van der Waals surface area contributed by atoms with Crippen molar-refractivity contribution in [2.24, 2.45) is 0 Å². The monoisotopic (exact) mass is 282 g/mol. The van der Waals surface area contributed by atoms with Gasteiger partial charge in [-0.3, -0.25) is 4.79 Å². The highest BCUT2D eigenvalue weighted by molar-refractivity contribution is 6.06. The van der Waals surface area contributed by atoms with Crippen molar-refractivity contribution in [3.05, 3.63) is 71.8 Å². The third kappa shape index (κ3) is 4.89. The van der Waals surface area contributed by atoms with E-state index in [1.165, 1.54) is 0 Å². The molecule has 0 spiro atoms. The van der Waals surface area contributed by atoms with Gasteiger partial charge >= 0.3 is 0 Å². The van der Waals surface area contributed by atoms with Crippen LogP contribution in [-0.2, 0) is 0 Å². The summed E-state index contributed by atoms with van der Waals surface area (Å²) in [5, 5.41) is 8.72. The number of ether oxygens (including phenoxy) is 1. The number of hydrogen-bond donors (Lipinski definition) is 1. The van der Waals surface area contributed by atoms with Crippen molar-refractivity contribution in [2.45, 2.75) is 6.42 Å². The first-order valence-corrected chi connectivity index (χ1v) is 6.91. The molecule has 1 N–H and O–H groups in total. The standard InChI is InChI=1S/C18H18O3/c19-12-5-13-21-17-9-4-6-15(14-17)10-11-18(20)16-7-2-1-3-8-16/h1-4,6-11,14,19H,5,12-13H2/b11-10+. The highest BCUT2D eigenvalue weighted by atomic mass is 16.5. The number of ketones is 1. The number of hydrogen-bond acceptors (Lipinski definition) is 3. The minimum Gasteiger partial charge on any atom is -0.493 e. The van der Waals surface area contributed by atoms with Crippen molar-refractivity contribution >= 4 is 11.9 Å². The first-order valence-electron chi connectivity index (χ1n) is 6.91. The Hall–Kier alpha value is -2.39. The van der Waals surface area contributed by atoms with Crippen molar-refractivity contribution < 1.29 is 14.6 Å². The lowest BCUT2D eigenvalue weighted by atomic mass is 10.1. The summed E-state index contributed by atoms with van der Waals surface area (Å²) in [6.07, 6.45) is 3.93. The van der Waals surface area contributed by atoms with Crippen LogP contribution in [0.15, 0.2) is 60.7 Å². The van der Waals surface area contributed by atoms with E-state index < -0.39 is 0 Å². The fourth-order valence-corrected chi connectivity index (χ4v) is 1.83. The molecule has 0 saturated carbocycles. The quantitative estimate of drug-likeness (QED) is 0.481. The van der Waals surface area contributed by atoms with Gasteiger partial charge in [0.15, 0.2) is 5.78 Å². The zero-order valence-corrected chi connectivity index (χ0v) is 11.7. The van der Waals surface area contributed by atoms with Crippen molar-refractivity contribution in [1.29, 1.82) is 0 Å². The molecule has 21 heavy (non-hydrogen) atoms. The SMILES string of the molecule is O=C(/C=C/c1cccc(OCCCO)c1)c1ccccc1. The summed E-state index contributed by atoms with van der Waals surface area (Å²) >= 11 is 0. The third-order valence-corrected chi connectivity index (χ3v) is 2.91. The van der Waals surface area contributed by atoms with E-state index in [4.69, 9.17) is 9.84 Å². The normalized spacial score (nSPS) is 10.7. The fraction of sp³-hybridized carbons (Fsp3) is 0.167. The van der Waals surface area contributed by atoms with Gasteiger partial charge < -0.3 is 9.84 Å². The molecule has 0 aliphatic carbocycles. The van der Waals surface area contributed by atoms with Crippen LogP contribution in [0, 0.1) is 0 Å². The van der Waals surface area contributed by atoms with Gasteiger partial charge in [0.1, 0.15) is 5.75 Å². The van der Waals surface area contributed by atoms with Gasteiger partial charge in [-0.2, -0.15) is 0 Å². The third-order valence-electron chi connectivity index (χ3n) is 2.91. The van der Waals surface area contributed by atoms with E-state index in [-0.39, 0.29) is 12.4 Å². The molecule has 0 bridgehead atoms. The van der Waals surface area contributed by atoms with Gasteiger partial charge in [0.2, 0.25) is 0 Å². The van der Waals surface area contributed by atoms with Crippen molar-refractivity contribution in [3.8, 4) is 5.75 Å². The van der Waals surface area contributed by atoms with Crippen LogP contribution in [0.2, 0.25) is 0 Å². The summed E-state index contributed by atoms with van der Waals surface area (Å²) in [5.41, 5.74) is 1.57. The Morgan fingerprint density at radius 2 is 1.90 bits per heavy atom. The molecule has 0 aliphatic rings. The zero-order chi connectivity index (χ0) is 14.9. The Bertz CT molecular complexity index is 603. The summed E-state index contributed by atoms with van der Waals surface area (Å²) in [7, 11) is 0. The summed E-state index contributed by atoms with van der Waals surface area (Å²) in [4.78, 5) is 12.0. The lowest BCUT2D eigenvalue weighted by Gasteiger charge is -2.05. The van der Waals surface area contributed by atoms with E-state index in [0.717, 1.165) is 11.3 Å². The molecule has 0 heterocycles. The van der Waals surface area contributed by atoms with Gasteiger partial charge in [-0.05, 0) is 23.8 Å². The highest BCUT2D eigenvalue weighted by Gasteiger charge is 2.00. The van der Waals surface area contributed by atoms with Gasteiger partial charge in [-0.25, -0.2) is 0 Å². The number of carbonyl (C=O) groups excluding carboxylic acids is 1. The molecule has 0 aliphatic heterocycles. The number of aliphatic hydroxyl groups is 1. The van der Waals surface area contributed by atoms with Crippen LogP contribution >= 0.6 is 0 Å². The minimum atomic E-state index is -0.0257. The van der Waals surface area contributed by atoms with Crippen molar-refractivity contribution in [3.63, 3.8) is 0 Å². The van der Waals surface area contributed by atoms with E-state index >= 15 is 0 Å². The molecule has 0 amide bonds. The molecule has 2 aromatic rings. The zero-order valence-electron chi connectivity index (χ0n) is 11.7. The van der Waals surface area contributed by atoms with Gasteiger partial charge in [-0.15, -0.1) is 0 Å². The average molecular weight is 282 g/mol. The van der Waals surface area contributed by atoms with Crippen molar-refractivity contribution in [2.75, 3.05) is 13.2 Å². The average Bonchev–Trinajstić information content (AvgIpc) is 2.54. The van der Waals surface area contributed by atoms with E-state index in [1.807, 2.05) is 42.5 Å². The van der Waals surface area contributed by atoms with Crippen LogP contribution in [-0.4, -0.2) is 24.1 Å². The van der Waals surface area contributed by atoms with Crippen LogP contribution < -0.4 is 4.74 Å². The first-order chi connectivity index (χ1) is 10.3. The van der Waals surface area contributed by atoms with Crippen LogP contribution in [0.1, 0.15) is 22.3 Å². The van der Waals surface area contributed by atoms with Gasteiger partial charge in [-0.1, -0.05) is 48.5 Å². The lowest BCUT2D eigenvalue weighted by Crippen LogP contribution is -1.99. The second kappa shape index (κ2) is 8.02. The van der Waals surface area contributed by atoms with Crippen LogP contribution in [0.5, 0.6) is 5.75 Å². The second-order valence-electron chi connectivity index (χ2n) is 4.56. The molecule has 3 heteroatoms. The van der Waals surface area contributed by atoms with E-state index in [1.54, 1.807) is 24.3 Å². The number of benzene rings is 2. The smallest absolute Gasteiger partial charge is 0.185 e. The number of allylic oxidation sites excluding steroid dienone is 1. The predicted octanol–water partition coefficient (Wildman–Crippen LogP) is 3.34. The Kier molecular flexibility index (Phi) is 5.73. The molecule has 0 saturated heterocycles. The van der Waals surface area contributed by atoms with Gasteiger partial charge in [0, 0.05) is 18.6 Å². The maximum atomic E-state index is 12.0. The number of aliphatic hydroxyl groups excluding tert-OH is 1. The molecular weight excluding hydrogens is 264 g/mol. The Morgan fingerprint density at radius 3 is 2.67 bits per heavy atom. The van der Waals surface area contributed by atoms with E-state index in [9.17, 15) is 4.79 Å². The largest absolute Gasteiger partial charge is 0.493 e. The molecule has 0 atom stereocenters. The summed E-state index contributed by atoms with van der Waals surface area (Å²) in [6.45, 7) is 0.595. The maximum absolute atomic E-state index is 12.0. The summed E-state index contributed by atoms with van der Waals surface area (Å²) in [5.74, 6) is 0.708. The molecule has 0 unspecified atom stereocenters. The molecule has 0 radical (unpaired) electrons. The Morgan fingerprint density at radius 1 is 1.10 bits per heavy atom. The molecule has 0 aromatic heterocycles. The molecule has 3 nitrogen and oxygen atoms in total. The summed E-state index contributed by atoms with van der Waals surface area (Å²) in [6, 6.07) is 16.7. The summed E-state index contributed by atoms with van der Waals surface area (Å²) < 4.78 is 5.50. The first kappa shape index (κ1) is 15.0. The molecule has 2 aromatic carbocycles. The van der Waals surface area contributed by atoms with Crippen LogP contribution in [0.25, 0.3) is 6.08 Å². The topological polar surface area (TPSA) is 46.5 Å². The number of rotatable bonds is 7. The molecule has 108 valence electrons. The van der Waals surface area contributed by atoms with Gasteiger partial charge in [0.05, 0.1) is 6.61 Å².